The number of aromatic nitrogens is 2. The average molecular weight is 517 g/mol. The second-order valence-electron chi connectivity index (χ2n) is 9.51. The monoisotopic (exact) mass is 517 g/mol. The Morgan fingerprint density at radius 2 is 1.59 bits per heavy atom. The predicted molar refractivity (Wildman–Crippen MR) is 125 cm³/mol. The lowest BCUT2D eigenvalue weighted by atomic mass is 9.85. The van der Waals surface area contributed by atoms with E-state index in [1.165, 1.54) is 0 Å². The Bertz CT molecular complexity index is 1360. The molecule has 1 heterocycles. The average Bonchev–Trinajstić information content (AvgIpc) is 2.92. The van der Waals surface area contributed by atoms with Gasteiger partial charge in [-0.15, -0.1) is 0 Å². The number of carbonyl (C=O) groups is 1. The zero-order valence-corrected chi connectivity index (χ0v) is 19.8. The summed E-state index contributed by atoms with van der Waals surface area (Å²) in [4.78, 5) is 22.4. The van der Waals surface area contributed by atoms with Gasteiger partial charge in [0.05, 0.1) is 30.1 Å². The molecule has 0 radical (unpaired) electrons. The van der Waals surface area contributed by atoms with E-state index < -0.39 is 47.0 Å². The van der Waals surface area contributed by atoms with Crippen molar-refractivity contribution >= 4 is 11.7 Å². The zero-order valence-electron chi connectivity index (χ0n) is 19.8. The highest BCUT2D eigenvalue weighted by Crippen LogP contribution is 2.39. The largest absolute Gasteiger partial charge is 0.392 e. The number of hydrogen-bond acceptors (Lipinski definition) is 4. The third-order valence-corrected chi connectivity index (χ3v) is 7.12. The number of amides is 1. The number of nitrogens with one attached hydrogen (secondary N) is 1. The standard InChI is InChI=1S/C27H24F5N3O2/c28-20-17(21(29)23(31)24(32)22(20)30)11-19(37)34-27-25(14-4-2-1-3-5-14)35-26-16-8-6-13(12-36)10-15(16)7-9-18(26)33-27/h6,8,10,14,36H,1-5,7,9,11-12H2,(H,33,34,37). The van der Waals surface area contributed by atoms with Crippen LogP contribution >= 0.6 is 0 Å². The van der Waals surface area contributed by atoms with Gasteiger partial charge in [-0.1, -0.05) is 37.5 Å². The first-order chi connectivity index (χ1) is 17.8. The summed E-state index contributed by atoms with van der Waals surface area (Å²) in [6.45, 7) is -0.0762. The first kappa shape index (κ1) is 25.3. The minimum absolute atomic E-state index is 0.00174. The number of halogens is 5. The van der Waals surface area contributed by atoms with Gasteiger partial charge in [-0.05, 0) is 36.8 Å². The fourth-order valence-corrected chi connectivity index (χ4v) is 5.20. The molecule has 2 aliphatic carbocycles. The van der Waals surface area contributed by atoms with Gasteiger partial charge >= 0.3 is 0 Å². The van der Waals surface area contributed by atoms with Gasteiger partial charge in [0.25, 0.3) is 0 Å². The van der Waals surface area contributed by atoms with Crippen molar-refractivity contribution < 1.29 is 31.9 Å². The van der Waals surface area contributed by atoms with Crippen LogP contribution in [0.15, 0.2) is 18.2 Å². The van der Waals surface area contributed by atoms with Crippen LogP contribution in [0.2, 0.25) is 0 Å². The summed E-state index contributed by atoms with van der Waals surface area (Å²) in [7, 11) is 0. The van der Waals surface area contributed by atoms with E-state index in [0.717, 1.165) is 48.8 Å². The van der Waals surface area contributed by atoms with Crippen molar-refractivity contribution in [2.24, 2.45) is 0 Å². The van der Waals surface area contributed by atoms with E-state index in [4.69, 9.17) is 4.98 Å². The highest BCUT2D eigenvalue weighted by atomic mass is 19.2. The van der Waals surface area contributed by atoms with Crippen LogP contribution < -0.4 is 5.32 Å². The summed E-state index contributed by atoms with van der Waals surface area (Å²) in [6.07, 6.45) is 4.77. The van der Waals surface area contributed by atoms with Gasteiger partial charge in [0.1, 0.15) is 0 Å². The third kappa shape index (κ3) is 4.70. The van der Waals surface area contributed by atoms with Gasteiger partial charge in [0, 0.05) is 17.0 Å². The molecule has 5 rings (SSSR count). The van der Waals surface area contributed by atoms with Crippen molar-refractivity contribution in [2.75, 3.05) is 5.32 Å². The van der Waals surface area contributed by atoms with Crippen LogP contribution in [-0.4, -0.2) is 21.0 Å². The van der Waals surface area contributed by atoms with E-state index in [9.17, 15) is 31.9 Å². The highest BCUT2D eigenvalue weighted by molar-refractivity contribution is 5.92. The molecule has 3 aromatic rings. The second kappa shape index (κ2) is 10.2. The zero-order chi connectivity index (χ0) is 26.3. The van der Waals surface area contributed by atoms with E-state index >= 15 is 0 Å². The molecule has 0 atom stereocenters. The molecule has 1 fully saturated rings. The maximum atomic E-state index is 14.1. The molecule has 37 heavy (non-hydrogen) atoms. The summed E-state index contributed by atoms with van der Waals surface area (Å²) in [5.41, 5.74) is 3.38. The highest BCUT2D eigenvalue weighted by Gasteiger charge is 2.30. The smallest absolute Gasteiger partial charge is 0.230 e. The molecule has 0 aliphatic heterocycles. The number of aliphatic hydroxyl groups excluding tert-OH is 1. The van der Waals surface area contributed by atoms with Crippen LogP contribution in [0.25, 0.3) is 11.3 Å². The van der Waals surface area contributed by atoms with Crippen LogP contribution in [0.5, 0.6) is 0 Å². The van der Waals surface area contributed by atoms with E-state index in [1.54, 1.807) is 0 Å². The van der Waals surface area contributed by atoms with Crippen molar-refractivity contribution in [2.45, 2.75) is 63.9 Å². The molecule has 0 bridgehead atoms. The second-order valence-corrected chi connectivity index (χ2v) is 9.51. The maximum absolute atomic E-state index is 14.1. The molecule has 1 amide bonds. The van der Waals surface area contributed by atoms with Crippen molar-refractivity contribution in [1.29, 1.82) is 0 Å². The summed E-state index contributed by atoms with van der Waals surface area (Å²) >= 11 is 0. The van der Waals surface area contributed by atoms with Crippen LogP contribution in [0.4, 0.5) is 27.8 Å². The number of fused-ring (bicyclic) bond motifs is 3. The molecule has 1 saturated carbocycles. The van der Waals surface area contributed by atoms with Gasteiger partial charge in [-0.3, -0.25) is 4.79 Å². The van der Waals surface area contributed by atoms with Crippen LogP contribution in [0.1, 0.15) is 66.1 Å². The molecular weight excluding hydrogens is 493 g/mol. The van der Waals surface area contributed by atoms with Gasteiger partial charge in [0.2, 0.25) is 11.7 Å². The molecule has 2 aromatic carbocycles. The number of aryl methyl sites for hydroxylation is 2. The SMILES string of the molecule is O=C(Cc1c(F)c(F)c(F)c(F)c1F)Nc1nc2c(nc1C1CCCCC1)-c1ccc(CO)cc1CC2. The molecule has 2 aliphatic rings. The number of benzene rings is 2. The fourth-order valence-electron chi connectivity index (χ4n) is 5.20. The van der Waals surface area contributed by atoms with E-state index in [-0.39, 0.29) is 18.3 Å². The summed E-state index contributed by atoms with van der Waals surface area (Å²) in [5.74, 6) is -11.3. The molecule has 1 aromatic heterocycles. The van der Waals surface area contributed by atoms with Crippen molar-refractivity contribution in [1.82, 2.24) is 9.97 Å². The number of carbonyl (C=O) groups excluding carboxylic acids is 1. The molecule has 0 saturated heterocycles. The first-order valence-corrected chi connectivity index (χ1v) is 12.2. The molecule has 0 spiro atoms. The van der Waals surface area contributed by atoms with Gasteiger partial charge in [-0.25, -0.2) is 31.9 Å². The predicted octanol–water partition coefficient (Wildman–Crippen LogP) is 5.66. The molecule has 2 N–H and O–H groups in total. The quantitative estimate of drug-likeness (QED) is 0.260. The number of aliphatic hydroxyl groups is 1. The lowest BCUT2D eigenvalue weighted by Crippen LogP contribution is -2.23. The Labute approximate surface area is 209 Å². The lowest BCUT2D eigenvalue weighted by molar-refractivity contribution is -0.115. The van der Waals surface area contributed by atoms with E-state index in [1.807, 2.05) is 18.2 Å². The van der Waals surface area contributed by atoms with Crippen molar-refractivity contribution in [3.05, 3.63) is 75.4 Å². The number of hydrogen-bond donors (Lipinski definition) is 2. The first-order valence-electron chi connectivity index (χ1n) is 12.2. The maximum Gasteiger partial charge on any atom is 0.230 e. The lowest BCUT2D eigenvalue weighted by Gasteiger charge is -2.26. The minimum atomic E-state index is -2.27. The Balaban J connectivity index is 1.51. The van der Waals surface area contributed by atoms with Crippen LogP contribution in [-0.2, 0) is 30.7 Å². The van der Waals surface area contributed by atoms with Crippen LogP contribution in [0, 0.1) is 29.1 Å². The Morgan fingerprint density at radius 1 is 0.919 bits per heavy atom. The number of anilines is 1. The minimum Gasteiger partial charge on any atom is -0.392 e. The normalized spacial score (nSPS) is 15.3. The van der Waals surface area contributed by atoms with E-state index in [2.05, 4.69) is 10.3 Å². The molecule has 194 valence electrons. The molecule has 0 unspecified atom stereocenters. The molecule has 10 heteroatoms. The van der Waals surface area contributed by atoms with Gasteiger partial charge in [-0.2, -0.15) is 0 Å². The third-order valence-electron chi connectivity index (χ3n) is 7.12. The molecular formula is C27H24F5N3O2. The molecule has 5 nitrogen and oxygen atoms in total. The van der Waals surface area contributed by atoms with Crippen molar-refractivity contribution in [3.63, 3.8) is 0 Å². The Kier molecular flexibility index (Phi) is 6.94. The summed E-state index contributed by atoms with van der Waals surface area (Å²) in [6, 6.07) is 5.63. The number of rotatable bonds is 5. The Morgan fingerprint density at radius 3 is 2.27 bits per heavy atom. The van der Waals surface area contributed by atoms with Crippen molar-refractivity contribution in [3.8, 4) is 11.3 Å². The van der Waals surface area contributed by atoms with Gasteiger partial charge < -0.3 is 10.4 Å². The van der Waals surface area contributed by atoms with E-state index in [0.29, 0.717) is 29.9 Å². The fraction of sp³-hybridized carbons (Fsp3) is 0.370. The number of nitrogens with zero attached hydrogens (tertiary/aromatic N) is 2. The van der Waals surface area contributed by atoms with Crippen LogP contribution in [0.3, 0.4) is 0 Å². The van der Waals surface area contributed by atoms with Gasteiger partial charge in [0.15, 0.2) is 29.1 Å². The summed E-state index contributed by atoms with van der Waals surface area (Å²) in [5, 5.41) is 12.0. The Hall–Kier alpha value is -3.40. The summed E-state index contributed by atoms with van der Waals surface area (Å²) < 4.78 is 68.9. The topological polar surface area (TPSA) is 75.1 Å².